The summed E-state index contributed by atoms with van der Waals surface area (Å²) in [7, 11) is 0. The normalized spacial score (nSPS) is 20.0. The van der Waals surface area contributed by atoms with Crippen LogP contribution in [0.2, 0.25) is 0 Å². The van der Waals surface area contributed by atoms with Gasteiger partial charge in [-0.15, -0.1) is 5.10 Å². The van der Waals surface area contributed by atoms with Gasteiger partial charge in [0.25, 0.3) is 0 Å². The number of hydrogen-bond donors (Lipinski definition) is 1. The molecule has 0 spiro atoms. The Morgan fingerprint density at radius 1 is 1.25 bits per heavy atom. The Balaban J connectivity index is 2.09. The molecule has 2 heterocycles. The van der Waals surface area contributed by atoms with Gasteiger partial charge in [0.05, 0.1) is 24.0 Å². The molecule has 2 rings (SSSR count). The lowest BCUT2D eigenvalue weighted by atomic mass is 10.2. The van der Waals surface area contributed by atoms with Crippen LogP contribution in [0.3, 0.4) is 0 Å². The third-order valence-electron chi connectivity index (χ3n) is 2.77. The fourth-order valence-corrected chi connectivity index (χ4v) is 1.83. The summed E-state index contributed by atoms with van der Waals surface area (Å²) in [6.07, 6.45) is 2.80. The molecular formula is C11H18N4O. The van der Waals surface area contributed by atoms with Crippen molar-refractivity contribution in [2.75, 3.05) is 18.5 Å². The van der Waals surface area contributed by atoms with Gasteiger partial charge < -0.3 is 10.1 Å². The summed E-state index contributed by atoms with van der Waals surface area (Å²) in [6.45, 7) is 5.72. The molecular weight excluding hydrogens is 204 g/mol. The number of ether oxygens (including phenoxy) is 1. The predicted molar refractivity (Wildman–Crippen MR) is 61.4 cm³/mol. The van der Waals surface area contributed by atoms with Crippen LogP contribution in [0, 0.1) is 0 Å². The molecule has 88 valence electrons. The van der Waals surface area contributed by atoms with Crippen molar-refractivity contribution in [2.45, 2.75) is 39.2 Å². The molecule has 1 saturated heterocycles. The molecule has 1 fully saturated rings. The maximum absolute atomic E-state index is 5.29. The summed E-state index contributed by atoms with van der Waals surface area (Å²) < 4.78 is 5.29. The molecule has 1 N–H and O–H groups in total. The molecule has 1 aromatic rings. The third-order valence-corrected chi connectivity index (χ3v) is 2.77. The van der Waals surface area contributed by atoms with Crippen LogP contribution >= 0.6 is 0 Å². The van der Waals surface area contributed by atoms with E-state index in [2.05, 4.69) is 34.3 Å². The molecule has 1 aliphatic rings. The number of anilines is 1. The molecule has 1 aliphatic heterocycles. The minimum atomic E-state index is 0.332. The SMILES string of the molecule is CCc1nnc(NC2CCOC2)nc1CC. The van der Waals surface area contributed by atoms with Crippen molar-refractivity contribution < 1.29 is 4.74 Å². The van der Waals surface area contributed by atoms with Gasteiger partial charge in [0.1, 0.15) is 0 Å². The molecule has 1 atom stereocenters. The zero-order valence-corrected chi connectivity index (χ0v) is 9.86. The van der Waals surface area contributed by atoms with Gasteiger partial charge in [0.2, 0.25) is 5.95 Å². The largest absolute Gasteiger partial charge is 0.379 e. The highest BCUT2D eigenvalue weighted by molar-refractivity contribution is 5.27. The zero-order valence-electron chi connectivity index (χ0n) is 9.86. The third kappa shape index (κ3) is 2.47. The first-order valence-corrected chi connectivity index (χ1v) is 5.90. The van der Waals surface area contributed by atoms with E-state index in [4.69, 9.17) is 4.74 Å². The van der Waals surface area contributed by atoms with Crippen molar-refractivity contribution in [3.63, 3.8) is 0 Å². The van der Waals surface area contributed by atoms with Crippen LogP contribution in [0.5, 0.6) is 0 Å². The Kier molecular flexibility index (Phi) is 3.66. The summed E-state index contributed by atoms with van der Waals surface area (Å²) in [6, 6.07) is 0.332. The standard InChI is InChI=1S/C11H18N4O/c1-3-9-10(4-2)14-15-11(13-9)12-8-5-6-16-7-8/h8H,3-7H2,1-2H3,(H,12,13,15). The molecule has 0 aliphatic carbocycles. The van der Waals surface area contributed by atoms with Crippen molar-refractivity contribution in [1.29, 1.82) is 0 Å². The lowest BCUT2D eigenvalue weighted by molar-refractivity contribution is 0.195. The summed E-state index contributed by atoms with van der Waals surface area (Å²) in [5.74, 6) is 0.629. The van der Waals surface area contributed by atoms with Gasteiger partial charge in [-0.1, -0.05) is 13.8 Å². The number of nitrogens with one attached hydrogen (secondary N) is 1. The molecule has 16 heavy (non-hydrogen) atoms. The van der Waals surface area contributed by atoms with Gasteiger partial charge >= 0.3 is 0 Å². The lowest BCUT2D eigenvalue weighted by Gasteiger charge is -2.11. The average molecular weight is 222 g/mol. The van der Waals surface area contributed by atoms with E-state index in [1.807, 2.05) is 0 Å². The maximum atomic E-state index is 5.29. The fraction of sp³-hybridized carbons (Fsp3) is 0.727. The van der Waals surface area contributed by atoms with Gasteiger partial charge in [-0.25, -0.2) is 4.98 Å². The molecule has 0 amide bonds. The highest BCUT2D eigenvalue weighted by atomic mass is 16.5. The van der Waals surface area contributed by atoms with Crippen LogP contribution in [0.1, 0.15) is 31.7 Å². The molecule has 5 nitrogen and oxygen atoms in total. The van der Waals surface area contributed by atoms with Gasteiger partial charge in [0.15, 0.2) is 0 Å². The van der Waals surface area contributed by atoms with Crippen molar-refractivity contribution in [1.82, 2.24) is 15.2 Å². The van der Waals surface area contributed by atoms with Crippen molar-refractivity contribution in [3.8, 4) is 0 Å². The first-order valence-electron chi connectivity index (χ1n) is 5.90. The van der Waals surface area contributed by atoms with Crippen molar-refractivity contribution in [2.24, 2.45) is 0 Å². The molecule has 0 saturated carbocycles. The number of nitrogens with zero attached hydrogens (tertiary/aromatic N) is 3. The van der Waals surface area contributed by atoms with Crippen LogP contribution < -0.4 is 5.32 Å². The second kappa shape index (κ2) is 5.21. The number of hydrogen-bond acceptors (Lipinski definition) is 5. The summed E-state index contributed by atoms with van der Waals surface area (Å²) in [5, 5.41) is 11.5. The second-order valence-corrected chi connectivity index (χ2v) is 3.94. The van der Waals surface area contributed by atoms with Crippen LogP contribution in [0.25, 0.3) is 0 Å². The van der Waals surface area contributed by atoms with Gasteiger partial charge in [-0.05, 0) is 19.3 Å². The monoisotopic (exact) mass is 222 g/mol. The first-order chi connectivity index (χ1) is 7.83. The molecule has 0 radical (unpaired) electrons. The Hall–Kier alpha value is -1.23. The molecule has 0 aromatic carbocycles. The van der Waals surface area contributed by atoms with Crippen molar-refractivity contribution in [3.05, 3.63) is 11.4 Å². The molecule has 0 bridgehead atoms. The molecule has 1 unspecified atom stereocenters. The van der Waals surface area contributed by atoms with Crippen LogP contribution in [0.4, 0.5) is 5.95 Å². The van der Waals surface area contributed by atoms with E-state index in [9.17, 15) is 0 Å². The summed E-state index contributed by atoms with van der Waals surface area (Å²) >= 11 is 0. The Morgan fingerprint density at radius 3 is 2.69 bits per heavy atom. The van der Waals surface area contributed by atoms with Gasteiger partial charge in [0, 0.05) is 6.61 Å². The van der Waals surface area contributed by atoms with E-state index < -0.39 is 0 Å². The van der Waals surface area contributed by atoms with Crippen LogP contribution in [0.15, 0.2) is 0 Å². The van der Waals surface area contributed by atoms with E-state index in [0.29, 0.717) is 12.0 Å². The van der Waals surface area contributed by atoms with E-state index in [-0.39, 0.29) is 0 Å². The minimum absolute atomic E-state index is 0.332. The number of aromatic nitrogens is 3. The first kappa shape index (κ1) is 11.3. The smallest absolute Gasteiger partial charge is 0.243 e. The highest BCUT2D eigenvalue weighted by Crippen LogP contribution is 2.11. The molecule has 5 heteroatoms. The maximum Gasteiger partial charge on any atom is 0.243 e. The Morgan fingerprint density at radius 2 is 2.06 bits per heavy atom. The fourth-order valence-electron chi connectivity index (χ4n) is 1.83. The van der Waals surface area contributed by atoms with Crippen LogP contribution in [-0.2, 0) is 17.6 Å². The van der Waals surface area contributed by atoms with E-state index >= 15 is 0 Å². The average Bonchev–Trinajstić information content (AvgIpc) is 2.81. The Bertz CT molecular complexity index is 350. The van der Waals surface area contributed by atoms with E-state index in [1.54, 1.807) is 0 Å². The second-order valence-electron chi connectivity index (χ2n) is 3.94. The zero-order chi connectivity index (χ0) is 11.4. The van der Waals surface area contributed by atoms with Crippen molar-refractivity contribution >= 4 is 5.95 Å². The lowest BCUT2D eigenvalue weighted by Crippen LogP contribution is -2.21. The van der Waals surface area contributed by atoms with Crippen LogP contribution in [-0.4, -0.2) is 34.4 Å². The summed E-state index contributed by atoms with van der Waals surface area (Å²) in [5.41, 5.74) is 2.04. The number of aryl methyl sites for hydroxylation is 2. The van der Waals surface area contributed by atoms with Gasteiger partial charge in [-0.3, -0.25) is 0 Å². The predicted octanol–water partition coefficient (Wildman–Crippen LogP) is 1.20. The topological polar surface area (TPSA) is 59.9 Å². The molecule has 1 aromatic heterocycles. The Labute approximate surface area is 95.6 Å². The van der Waals surface area contributed by atoms with Gasteiger partial charge in [-0.2, -0.15) is 5.10 Å². The quantitative estimate of drug-likeness (QED) is 0.829. The number of rotatable bonds is 4. The summed E-state index contributed by atoms with van der Waals surface area (Å²) in [4.78, 5) is 4.49. The highest BCUT2D eigenvalue weighted by Gasteiger charge is 2.17. The van der Waals surface area contributed by atoms with E-state index in [0.717, 1.165) is 43.9 Å². The van der Waals surface area contributed by atoms with E-state index in [1.165, 1.54) is 0 Å². The minimum Gasteiger partial charge on any atom is -0.379 e.